The highest BCUT2D eigenvalue weighted by Crippen LogP contribution is 2.35. The molecule has 2 saturated heterocycles. The van der Waals surface area contributed by atoms with Gasteiger partial charge >= 0.3 is 6.03 Å². The van der Waals surface area contributed by atoms with Crippen molar-refractivity contribution in [2.24, 2.45) is 0 Å². The molecule has 0 bridgehead atoms. The summed E-state index contributed by atoms with van der Waals surface area (Å²) in [6, 6.07) is 0.366. The zero-order chi connectivity index (χ0) is 15.6. The van der Waals surface area contributed by atoms with E-state index in [0.29, 0.717) is 13.2 Å². The number of rotatable bonds is 3. The third-order valence-corrected chi connectivity index (χ3v) is 4.14. The summed E-state index contributed by atoms with van der Waals surface area (Å²) in [6.07, 6.45) is 6.80. The van der Waals surface area contributed by atoms with Crippen LogP contribution in [-0.2, 0) is 4.74 Å². The molecular formula is C15H23N5O2. The minimum atomic E-state index is -0.214. The lowest BCUT2D eigenvalue weighted by Crippen LogP contribution is -2.44. The van der Waals surface area contributed by atoms with Crippen molar-refractivity contribution in [3.8, 4) is 0 Å². The van der Waals surface area contributed by atoms with Gasteiger partial charge in [0.05, 0.1) is 31.0 Å². The molecule has 1 aromatic heterocycles. The molecule has 2 fully saturated rings. The molecule has 2 amide bonds. The van der Waals surface area contributed by atoms with Crippen molar-refractivity contribution in [2.45, 2.75) is 44.4 Å². The van der Waals surface area contributed by atoms with Gasteiger partial charge in [-0.3, -0.25) is 4.98 Å². The third kappa shape index (κ3) is 3.30. The topological polar surface area (TPSA) is 79.4 Å². The fourth-order valence-electron chi connectivity index (χ4n) is 3.16. The Balaban J connectivity index is 1.55. The van der Waals surface area contributed by atoms with Gasteiger partial charge in [0.25, 0.3) is 0 Å². The fraction of sp³-hybridized carbons (Fsp3) is 0.667. The average molecular weight is 305 g/mol. The van der Waals surface area contributed by atoms with E-state index in [4.69, 9.17) is 4.74 Å². The lowest BCUT2D eigenvalue weighted by atomic mass is 9.97. The highest BCUT2D eigenvalue weighted by atomic mass is 16.5. The second-order valence-corrected chi connectivity index (χ2v) is 6.41. The van der Waals surface area contributed by atoms with Crippen LogP contribution in [0.15, 0.2) is 18.6 Å². The average Bonchev–Trinajstić information content (AvgIpc) is 3.07. The summed E-state index contributed by atoms with van der Waals surface area (Å²) in [5, 5.41) is 6.29. The predicted molar refractivity (Wildman–Crippen MR) is 82.6 cm³/mol. The monoisotopic (exact) mass is 305 g/mol. The van der Waals surface area contributed by atoms with Gasteiger partial charge in [-0.25, -0.2) is 9.78 Å². The Morgan fingerprint density at radius 3 is 3.09 bits per heavy atom. The molecule has 3 rings (SSSR count). The molecular weight excluding hydrogens is 282 g/mol. The van der Waals surface area contributed by atoms with E-state index in [9.17, 15) is 4.79 Å². The SMILES string of the molecule is CC(C)NC(=O)N1CCC2(CC(Nc3cnccn3)CO2)C1. The minimum Gasteiger partial charge on any atom is -0.371 e. The molecule has 3 heterocycles. The normalized spacial score (nSPS) is 27.6. The predicted octanol–water partition coefficient (Wildman–Crippen LogP) is 1.24. The Bertz CT molecular complexity index is 524. The van der Waals surface area contributed by atoms with Gasteiger partial charge in [0, 0.05) is 31.4 Å². The molecule has 0 aromatic carbocycles. The molecule has 2 unspecified atom stereocenters. The summed E-state index contributed by atoms with van der Waals surface area (Å²) < 4.78 is 6.04. The van der Waals surface area contributed by atoms with Crippen LogP contribution in [0.25, 0.3) is 0 Å². The zero-order valence-corrected chi connectivity index (χ0v) is 13.1. The van der Waals surface area contributed by atoms with E-state index in [1.165, 1.54) is 0 Å². The Morgan fingerprint density at radius 1 is 1.50 bits per heavy atom. The first-order valence-electron chi connectivity index (χ1n) is 7.78. The molecule has 7 heteroatoms. The maximum absolute atomic E-state index is 12.1. The number of urea groups is 1. The van der Waals surface area contributed by atoms with E-state index in [-0.39, 0.29) is 23.7 Å². The van der Waals surface area contributed by atoms with E-state index in [0.717, 1.165) is 25.2 Å². The molecule has 0 saturated carbocycles. The van der Waals surface area contributed by atoms with Crippen LogP contribution in [0.2, 0.25) is 0 Å². The lowest BCUT2D eigenvalue weighted by Gasteiger charge is -2.24. The molecule has 0 radical (unpaired) electrons. The molecule has 2 aliphatic rings. The van der Waals surface area contributed by atoms with Crippen LogP contribution in [0.3, 0.4) is 0 Å². The second kappa shape index (κ2) is 6.08. The number of anilines is 1. The van der Waals surface area contributed by atoms with Crippen molar-refractivity contribution in [1.82, 2.24) is 20.2 Å². The van der Waals surface area contributed by atoms with Crippen LogP contribution in [0, 0.1) is 0 Å². The highest BCUT2D eigenvalue weighted by Gasteiger charge is 2.46. The number of likely N-dealkylation sites (tertiary alicyclic amines) is 1. The van der Waals surface area contributed by atoms with Crippen molar-refractivity contribution in [3.05, 3.63) is 18.6 Å². The summed E-state index contributed by atoms with van der Waals surface area (Å²) in [6.45, 7) is 5.98. The number of carbonyl (C=O) groups excluding carboxylic acids is 1. The number of nitrogens with zero attached hydrogens (tertiary/aromatic N) is 3. The molecule has 2 atom stereocenters. The number of ether oxygens (including phenoxy) is 1. The molecule has 1 aromatic rings. The van der Waals surface area contributed by atoms with Gasteiger partial charge < -0.3 is 20.3 Å². The maximum Gasteiger partial charge on any atom is 0.317 e. The van der Waals surface area contributed by atoms with Crippen LogP contribution in [0.1, 0.15) is 26.7 Å². The van der Waals surface area contributed by atoms with Gasteiger partial charge in [-0.05, 0) is 20.3 Å². The summed E-state index contributed by atoms with van der Waals surface area (Å²) in [7, 11) is 0. The molecule has 120 valence electrons. The van der Waals surface area contributed by atoms with Gasteiger partial charge in [0.15, 0.2) is 0 Å². The number of hydrogen-bond donors (Lipinski definition) is 2. The first-order valence-corrected chi connectivity index (χ1v) is 7.78. The zero-order valence-electron chi connectivity index (χ0n) is 13.1. The molecule has 0 aliphatic carbocycles. The van der Waals surface area contributed by atoms with Crippen molar-refractivity contribution in [2.75, 3.05) is 25.0 Å². The largest absolute Gasteiger partial charge is 0.371 e. The van der Waals surface area contributed by atoms with Crippen LogP contribution < -0.4 is 10.6 Å². The summed E-state index contributed by atoms with van der Waals surface area (Å²) in [5.74, 6) is 0.764. The van der Waals surface area contributed by atoms with E-state index < -0.39 is 0 Å². The van der Waals surface area contributed by atoms with Crippen molar-refractivity contribution < 1.29 is 9.53 Å². The summed E-state index contributed by atoms with van der Waals surface area (Å²) >= 11 is 0. The van der Waals surface area contributed by atoms with Gasteiger partial charge in [-0.15, -0.1) is 0 Å². The summed E-state index contributed by atoms with van der Waals surface area (Å²) in [4.78, 5) is 22.2. The minimum absolute atomic E-state index is 0.000750. The van der Waals surface area contributed by atoms with Gasteiger partial charge in [0.1, 0.15) is 5.82 Å². The van der Waals surface area contributed by atoms with E-state index in [2.05, 4.69) is 20.6 Å². The number of amides is 2. The van der Waals surface area contributed by atoms with Crippen molar-refractivity contribution in [1.29, 1.82) is 0 Å². The quantitative estimate of drug-likeness (QED) is 0.878. The third-order valence-electron chi connectivity index (χ3n) is 4.14. The molecule has 22 heavy (non-hydrogen) atoms. The van der Waals surface area contributed by atoms with E-state index in [1.807, 2.05) is 18.7 Å². The standard InChI is InChI=1S/C15H23N5O2/c1-11(2)18-14(21)20-6-3-15(10-20)7-12(9-22-15)19-13-8-16-4-5-17-13/h4-5,8,11-12H,3,6-7,9-10H2,1-2H3,(H,17,19)(H,18,21). The van der Waals surface area contributed by atoms with E-state index >= 15 is 0 Å². The first-order chi connectivity index (χ1) is 10.6. The van der Waals surface area contributed by atoms with Gasteiger partial charge in [-0.2, -0.15) is 0 Å². The van der Waals surface area contributed by atoms with Crippen LogP contribution in [0.4, 0.5) is 10.6 Å². The van der Waals surface area contributed by atoms with Crippen molar-refractivity contribution in [3.63, 3.8) is 0 Å². The number of hydrogen-bond acceptors (Lipinski definition) is 5. The Hall–Kier alpha value is -1.89. The van der Waals surface area contributed by atoms with Crippen molar-refractivity contribution >= 4 is 11.8 Å². The number of aromatic nitrogens is 2. The van der Waals surface area contributed by atoms with Gasteiger partial charge in [0.2, 0.25) is 0 Å². The smallest absolute Gasteiger partial charge is 0.317 e. The van der Waals surface area contributed by atoms with Gasteiger partial charge in [-0.1, -0.05) is 0 Å². The molecule has 2 aliphatic heterocycles. The number of carbonyl (C=O) groups is 1. The van der Waals surface area contributed by atoms with Crippen LogP contribution in [-0.4, -0.2) is 58.3 Å². The fourth-order valence-corrected chi connectivity index (χ4v) is 3.16. The summed E-state index contributed by atoms with van der Waals surface area (Å²) in [5.41, 5.74) is -0.214. The highest BCUT2D eigenvalue weighted by molar-refractivity contribution is 5.75. The molecule has 2 N–H and O–H groups in total. The Labute approximate surface area is 130 Å². The lowest BCUT2D eigenvalue weighted by molar-refractivity contribution is 0.0150. The number of nitrogens with one attached hydrogen (secondary N) is 2. The van der Waals surface area contributed by atoms with Crippen LogP contribution >= 0.6 is 0 Å². The van der Waals surface area contributed by atoms with Crippen LogP contribution in [0.5, 0.6) is 0 Å². The second-order valence-electron chi connectivity index (χ2n) is 6.41. The molecule has 1 spiro atoms. The Kier molecular flexibility index (Phi) is 4.15. The maximum atomic E-state index is 12.1. The Morgan fingerprint density at radius 2 is 2.36 bits per heavy atom. The van der Waals surface area contributed by atoms with E-state index in [1.54, 1.807) is 18.6 Å². The first kappa shape index (κ1) is 15.0. The molecule has 7 nitrogen and oxygen atoms in total.